The highest BCUT2D eigenvalue weighted by molar-refractivity contribution is 7.94. The Balaban J connectivity index is 1.99. The van der Waals surface area contributed by atoms with Gasteiger partial charge in [0.15, 0.2) is 9.84 Å². The summed E-state index contributed by atoms with van der Waals surface area (Å²) in [4.78, 5) is 1.07. The molecule has 0 bridgehead atoms. The number of aromatic nitrogens is 4. The van der Waals surface area contributed by atoms with Gasteiger partial charge in [-0.25, -0.2) is 22.0 Å². The van der Waals surface area contributed by atoms with Gasteiger partial charge in [-0.3, -0.25) is 0 Å². The van der Waals surface area contributed by atoms with Crippen molar-refractivity contribution in [2.45, 2.75) is 40.3 Å². The van der Waals surface area contributed by atoms with Gasteiger partial charge in [0.2, 0.25) is 15.8 Å². The number of nitrogens with one attached hydrogen (secondary N) is 2. The SMILES string of the molecule is NC1CCCCN(c2ccc(S(=O)(=O)C3CNC3)c(S(N)(=O)=O)c2-c2nn[nH]n2)C1. The first-order valence-corrected chi connectivity index (χ1v) is 12.7. The normalized spacial score (nSPS) is 21.3. The number of rotatable bonds is 5. The molecule has 0 aliphatic carbocycles. The Kier molecular flexibility index (Phi) is 5.52. The summed E-state index contributed by atoms with van der Waals surface area (Å²) in [7, 11) is -8.40. The number of sulfone groups is 1. The molecule has 2 aliphatic heterocycles. The zero-order valence-corrected chi connectivity index (χ0v) is 17.8. The highest BCUT2D eigenvalue weighted by Crippen LogP contribution is 2.40. The van der Waals surface area contributed by atoms with E-state index < -0.39 is 30.0 Å². The summed E-state index contributed by atoms with van der Waals surface area (Å²) in [5.41, 5.74) is 6.67. The summed E-state index contributed by atoms with van der Waals surface area (Å²) in [5.74, 6) is -0.0457. The molecular weight excluding hydrogens is 432 g/mol. The summed E-state index contributed by atoms with van der Waals surface area (Å²) < 4.78 is 51.6. The van der Waals surface area contributed by atoms with Crippen LogP contribution in [0.2, 0.25) is 0 Å². The van der Waals surface area contributed by atoms with Crippen LogP contribution in [0, 0.1) is 0 Å². The van der Waals surface area contributed by atoms with Gasteiger partial charge in [0.1, 0.15) is 4.90 Å². The number of sulfonamides is 1. The second-order valence-electron chi connectivity index (χ2n) is 7.59. The lowest BCUT2D eigenvalue weighted by Crippen LogP contribution is -2.51. The van der Waals surface area contributed by atoms with Crippen LogP contribution in [0.15, 0.2) is 21.9 Å². The molecule has 2 fully saturated rings. The number of nitrogens with zero attached hydrogens (tertiary/aromatic N) is 4. The lowest BCUT2D eigenvalue weighted by atomic mass is 10.1. The average Bonchev–Trinajstić information content (AvgIpc) is 3.06. The number of tetrazole rings is 1. The molecule has 3 heterocycles. The molecule has 164 valence electrons. The smallest absolute Gasteiger partial charge is 0.240 e. The molecule has 2 aromatic rings. The Hall–Kier alpha value is -2.13. The fourth-order valence-electron chi connectivity index (χ4n) is 3.86. The van der Waals surface area contributed by atoms with E-state index in [0.717, 1.165) is 19.3 Å². The average molecular weight is 457 g/mol. The van der Waals surface area contributed by atoms with Crippen LogP contribution in [0.25, 0.3) is 11.4 Å². The Labute approximate surface area is 174 Å². The third kappa shape index (κ3) is 3.80. The topological polar surface area (TPSA) is 190 Å². The van der Waals surface area contributed by atoms with Crippen LogP contribution in [0.5, 0.6) is 0 Å². The van der Waals surface area contributed by atoms with Gasteiger partial charge in [-0.2, -0.15) is 5.21 Å². The van der Waals surface area contributed by atoms with Crippen LogP contribution in [-0.4, -0.2) is 74.9 Å². The fourth-order valence-corrected chi connectivity index (χ4v) is 7.04. The van der Waals surface area contributed by atoms with Gasteiger partial charge in [0.05, 0.1) is 15.7 Å². The van der Waals surface area contributed by atoms with Crippen molar-refractivity contribution in [3.63, 3.8) is 0 Å². The van der Waals surface area contributed by atoms with Crippen molar-refractivity contribution >= 4 is 25.5 Å². The molecule has 0 spiro atoms. The Morgan fingerprint density at radius 2 is 1.90 bits per heavy atom. The van der Waals surface area contributed by atoms with E-state index in [1.165, 1.54) is 6.07 Å². The predicted molar refractivity (Wildman–Crippen MR) is 109 cm³/mol. The number of primary sulfonamides is 1. The molecule has 2 saturated heterocycles. The monoisotopic (exact) mass is 456 g/mol. The number of nitrogens with two attached hydrogens (primary N) is 2. The van der Waals surface area contributed by atoms with Gasteiger partial charge in [-0.1, -0.05) is 6.42 Å². The van der Waals surface area contributed by atoms with E-state index in [1.807, 2.05) is 4.90 Å². The van der Waals surface area contributed by atoms with Crippen molar-refractivity contribution in [1.82, 2.24) is 25.9 Å². The van der Waals surface area contributed by atoms with Crippen LogP contribution in [0.4, 0.5) is 5.69 Å². The minimum atomic E-state index is -4.45. The van der Waals surface area contributed by atoms with Crippen LogP contribution in [0.1, 0.15) is 19.3 Å². The van der Waals surface area contributed by atoms with E-state index in [2.05, 4.69) is 25.9 Å². The van der Waals surface area contributed by atoms with Gasteiger partial charge in [-0.05, 0) is 30.2 Å². The molecule has 1 unspecified atom stereocenters. The molecule has 14 heteroatoms. The predicted octanol–water partition coefficient (Wildman–Crippen LogP) is -1.42. The minimum absolute atomic E-state index is 0.0220. The summed E-state index contributed by atoms with van der Waals surface area (Å²) in [6.45, 7) is 1.59. The first kappa shape index (κ1) is 21.1. The van der Waals surface area contributed by atoms with Gasteiger partial charge < -0.3 is 16.0 Å². The van der Waals surface area contributed by atoms with Crippen LogP contribution >= 0.6 is 0 Å². The second-order valence-corrected chi connectivity index (χ2v) is 11.3. The Morgan fingerprint density at radius 1 is 1.13 bits per heavy atom. The zero-order valence-electron chi connectivity index (χ0n) is 16.2. The van der Waals surface area contributed by atoms with Crippen LogP contribution < -0.4 is 21.1 Å². The molecule has 0 saturated carbocycles. The van der Waals surface area contributed by atoms with E-state index in [4.69, 9.17) is 10.9 Å². The van der Waals surface area contributed by atoms with Gasteiger partial charge in [0.25, 0.3) is 0 Å². The number of benzene rings is 1. The van der Waals surface area contributed by atoms with Gasteiger partial charge >= 0.3 is 0 Å². The van der Waals surface area contributed by atoms with E-state index in [0.29, 0.717) is 18.8 Å². The lowest BCUT2D eigenvalue weighted by molar-refractivity contribution is 0.493. The highest BCUT2D eigenvalue weighted by Gasteiger charge is 2.39. The number of H-pyrrole nitrogens is 1. The summed E-state index contributed by atoms with van der Waals surface area (Å²) in [6.07, 6.45) is 2.65. The maximum atomic E-state index is 13.1. The molecule has 12 nitrogen and oxygen atoms in total. The standard InChI is InChI=1S/C16H24N8O4S2/c17-10-3-1-2-6-24(9-10)12-4-5-13(29(25,26)11-7-19-8-11)15(30(18,27)28)14(12)16-20-22-23-21-16/h4-5,10-11,19H,1-3,6-9,17H2,(H2,18,27,28)(H,20,21,22,23). The van der Waals surface area contributed by atoms with Gasteiger partial charge in [-0.15, -0.1) is 10.2 Å². The van der Waals surface area contributed by atoms with Crippen molar-refractivity contribution < 1.29 is 16.8 Å². The van der Waals surface area contributed by atoms with E-state index in [-0.39, 0.29) is 35.4 Å². The van der Waals surface area contributed by atoms with E-state index in [9.17, 15) is 16.8 Å². The van der Waals surface area contributed by atoms with Crippen molar-refractivity contribution in [3.05, 3.63) is 12.1 Å². The van der Waals surface area contributed by atoms with Crippen molar-refractivity contribution in [3.8, 4) is 11.4 Å². The fraction of sp³-hybridized carbons (Fsp3) is 0.562. The van der Waals surface area contributed by atoms with Crippen molar-refractivity contribution in [2.75, 3.05) is 31.1 Å². The molecular formula is C16H24N8O4S2. The number of anilines is 1. The van der Waals surface area contributed by atoms with E-state index in [1.54, 1.807) is 6.07 Å². The molecule has 4 rings (SSSR count). The third-order valence-electron chi connectivity index (χ3n) is 5.49. The summed E-state index contributed by atoms with van der Waals surface area (Å²) >= 11 is 0. The van der Waals surface area contributed by atoms with Crippen molar-refractivity contribution in [1.29, 1.82) is 0 Å². The molecule has 30 heavy (non-hydrogen) atoms. The maximum absolute atomic E-state index is 13.1. The van der Waals surface area contributed by atoms with Crippen LogP contribution in [-0.2, 0) is 19.9 Å². The first-order chi connectivity index (χ1) is 14.2. The lowest BCUT2D eigenvalue weighted by Gasteiger charge is -2.30. The Morgan fingerprint density at radius 3 is 2.50 bits per heavy atom. The van der Waals surface area contributed by atoms with Crippen LogP contribution in [0.3, 0.4) is 0 Å². The number of aromatic amines is 1. The number of hydrogen-bond acceptors (Lipinski definition) is 10. The highest BCUT2D eigenvalue weighted by atomic mass is 32.2. The minimum Gasteiger partial charge on any atom is -0.369 e. The molecule has 0 radical (unpaired) electrons. The largest absolute Gasteiger partial charge is 0.369 e. The quantitative estimate of drug-likeness (QED) is 0.415. The van der Waals surface area contributed by atoms with Gasteiger partial charge in [0, 0.05) is 37.9 Å². The summed E-state index contributed by atoms with van der Waals surface area (Å²) in [5, 5.41) is 21.4. The Bertz CT molecular complexity index is 1130. The molecule has 0 amide bonds. The molecule has 1 atom stereocenters. The van der Waals surface area contributed by atoms with Crippen molar-refractivity contribution in [2.24, 2.45) is 10.9 Å². The molecule has 1 aromatic carbocycles. The van der Waals surface area contributed by atoms with E-state index >= 15 is 0 Å². The maximum Gasteiger partial charge on any atom is 0.240 e. The number of hydrogen-bond donors (Lipinski definition) is 4. The zero-order chi connectivity index (χ0) is 21.5. The first-order valence-electron chi connectivity index (χ1n) is 9.58. The molecule has 1 aromatic heterocycles. The molecule has 2 aliphatic rings. The third-order valence-corrected chi connectivity index (χ3v) is 8.78. The molecule has 6 N–H and O–H groups in total. The second kappa shape index (κ2) is 7.85. The summed E-state index contributed by atoms with van der Waals surface area (Å²) in [6, 6.07) is 2.79.